The SMILES string of the molecule is CS(=O)(=O)Cc1cc(C#N)ccn1.CS(N)(=O)=O. The zero-order chi connectivity index (χ0) is 14.4. The number of sulfonamides is 1. The Labute approximate surface area is 106 Å². The van der Waals surface area contributed by atoms with Gasteiger partial charge in [0.2, 0.25) is 10.0 Å². The van der Waals surface area contributed by atoms with Crippen molar-refractivity contribution in [2.75, 3.05) is 12.5 Å². The Bertz CT molecular complexity index is 637. The van der Waals surface area contributed by atoms with Crippen LogP contribution in [-0.4, -0.2) is 34.3 Å². The molecule has 0 saturated carbocycles. The summed E-state index contributed by atoms with van der Waals surface area (Å²) in [6, 6.07) is 4.93. The second kappa shape index (κ2) is 6.44. The molecule has 1 rings (SSSR count). The second-order valence-corrected chi connectivity index (χ2v) is 7.35. The van der Waals surface area contributed by atoms with Crippen molar-refractivity contribution in [1.82, 2.24) is 4.98 Å². The Hall–Kier alpha value is -1.50. The first-order valence-electron chi connectivity index (χ1n) is 4.52. The Morgan fingerprint density at radius 2 is 1.83 bits per heavy atom. The van der Waals surface area contributed by atoms with Gasteiger partial charge < -0.3 is 0 Å². The van der Waals surface area contributed by atoms with E-state index >= 15 is 0 Å². The maximum absolute atomic E-state index is 10.9. The second-order valence-electron chi connectivity index (χ2n) is 3.55. The highest BCUT2D eigenvalue weighted by molar-refractivity contribution is 7.89. The van der Waals surface area contributed by atoms with Crippen LogP contribution >= 0.6 is 0 Å². The summed E-state index contributed by atoms with van der Waals surface area (Å²) < 4.78 is 40.6. The van der Waals surface area contributed by atoms with Gasteiger partial charge in [0.05, 0.1) is 29.3 Å². The topological polar surface area (TPSA) is 131 Å². The lowest BCUT2D eigenvalue weighted by Gasteiger charge is -1.97. The van der Waals surface area contributed by atoms with Crippen LogP contribution in [-0.2, 0) is 25.6 Å². The number of pyridine rings is 1. The largest absolute Gasteiger partial charge is 0.260 e. The Morgan fingerprint density at radius 1 is 1.33 bits per heavy atom. The van der Waals surface area contributed by atoms with E-state index in [1.807, 2.05) is 6.07 Å². The lowest BCUT2D eigenvalue weighted by Crippen LogP contribution is -2.07. The molecule has 1 aromatic heterocycles. The van der Waals surface area contributed by atoms with Crippen molar-refractivity contribution in [2.45, 2.75) is 5.75 Å². The van der Waals surface area contributed by atoms with Gasteiger partial charge in [0.1, 0.15) is 0 Å². The number of sulfone groups is 1. The molecule has 0 amide bonds. The molecule has 0 aliphatic rings. The third-order valence-corrected chi connectivity index (χ3v) is 2.18. The van der Waals surface area contributed by atoms with E-state index in [1.165, 1.54) is 18.3 Å². The van der Waals surface area contributed by atoms with E-state index in [0.717, 1.165) is 12.5 Å². The molecule has 7 nitrogen and oxygen atoms in total. The molecule has 0 spiro atoms. The molecule has 0 unspecified atom stereocenters. The molecule has 9 heteroatoms. The summed E-state index contributed by atoms with van der Waals surface area (Å²) in [4.78, 5) is 3.84. The van der Waals surface area contributed by atoms with Gasteiger partial charge in [0.15, 0.2) is 9.84 Å². The van der Waals surface area contributed by atoms with E-state index in [0.29, 0.717) is 11.3 Å². The average Bonchev–Trinajstić information content (AvgIpc) is 2.12. The number of aromatic nitrogens is 1. The highest BCUT2D eigenvalue weighted by Gasteiger charge is 2.05. The van der Waals surface area contributed by atoms with E-state index < -0.39 is 19.9 Å². The highest BCUT2D eigenvalue weighted by atomic mass is 32.2. The van der Waals surface area contributed by atoms with Gasteiger partial charge in [0, 0.05) is 12.5 Å². The van der Waals surface area contributed by atoms with Gasteiger partial charge in [-0.25, -0.2) is 22.0 Å². The lowest BCUT2D eigenvalue weighted by molar-refractivity contribution is 0.599. The van der Waals surface area contributed by atoms with Crippen LogP contribution in [0.1, 0.15) is 11.3 Å². The number of rotatable bonds is 2. The Balaban J connectivity index is 0.000000494. The van der Waals surface area contributed by atoms with Crippen LogP contribution in [0, 0.1) is 11.3 Å². The monoisotopic (exact) mass is 291 g/mol. The molecule has 0 saturated heterocycles. The number of nitrogens with two attached hydrogens (primary N) is 1. The standard InChI is InChI=1S/C8H8N2O2S.CH5NO2S/c1-13(11,12)6-8-4-7(5-9)2-3-10-8;1-5(2,3)4/h2-4H,6H2,1H3;1H3,(H2,2,3,4). The first-order valence-corrected chi connectivity index (χ1v) is 8.53. The molecule has 2 N–H and O–H groups in total. The van der Waals surface area contributed by atoms with Gasteiger partial charge >= 0.3 is 0 Å². The molecule has 0 atom stereocenters. The van der Waals surface area contributed by atoms with E-state index in [1.54, 1.807) is 0 Å². The van der Waals surface area contributed by atoms with Crippen LogP contribution < -0.4 is 5.14 Å². The molecular weight excluding hydrogens is 278 g/mol. The normalized spacial score (nSPS) is 11.0. The molecule has 0 aromatic carbocycles. The van der Waals surface area contributed by atoms with Gasteiger partial charge in [-0.3, -0.25) is 4.98 Å². The van der Waals surface area contributed by atoms with Crippen molar-refractivity contribution in [3.8, 4) is 6.07 Å². The van der Waals surface area contributed by atoms with Crippen molar-refractivity contribution in [3.63, 3.8) is 0 Å². The van der Waals surface area contributed by atoms with Gasteiger partial charge in [-0.05, 0) is 12.1 Å². The van der Waals surface area contributed by atoms with Gasteiger partial charge in [-0.2, -0.15) is 5.26 Å². The van der Waals surface area contributed by atoms with E-state index in [-0.39, 0.29) is 5.75 Å². The predicted octanol–water partition coefficient (Wildman–Crippen LogP) is -0.597. The number of nitrogens with zero attached hydrogens (tertiary/aromatic N) is 2. The molecule has 0 fully saturated rings. The minimum absolute atomic E-state index is 0.123. The maximum atomic E-state index is 10.9. The van der Waals surface area contributed by atoms with Crippen LogP contribution in [0.15, 0.2) is 18.3 Å². The van der Waals surface area contributed by atoms with Gasteiger partial charge in [-0.15, -0.1) is 0 Å². The minimum Gasteiger partial charge on any atom is -0.260 e. The molecule has 0 aliphatic carbocycles. The van der Waals surface area contributed by atoms with Crippen molar-refractivity contribution < 1.29 is 16.8 Å². The molecule has 0 radical (unpaired) electrons. The smallest absolute Gasteiger partial charge is 0.206 e. The maximum Gasteiger partial charge on any atom is 0.206 e. The van der Waals surface area contributed by atoms with E-state index in [4.69, 9.17) is 5.26 Å². The Morgan fingerprint density at radius 3 is 2.22 bits per heavy atom. The molecule has 0 aliphatic heterocycles. The molecule has 0 bridgehead atoms. The third kappa shape index (κ3) is 11.0. The summed E-state index contributed by atoms with van der Waals surface area (Å²) in [5.74, 6) is -0.123. The summed E-state index contributed by atoms with van der Waals surface area (Å²) in [6.45, 7) is 0. The number of hydrogen-bond donors (Lipinski definition) is 1. The predicted molar refractivity (Wildman–Crippen MR) is 66.5 cm³/mol. The Kier molecular flexibility index (Phi) is 5.90. The quantitative estimate of drug-likeness (QED) is 0.774. The summed E-state index contributed by atoms with van der Waals surface area (Å²) >= 11 is 0. The molecular formula is C9H13N3O4S2. The first kappa shape index (κ1) is 16.5. The van der Waals surface area contributed by atoms with Crippen LogP contribution in [0.3, 0.4) is 0 Å². The zero-order valence-electron chi connectivity index (χ0n) is 9.86. The first-order chi connectivity index (χ1) is 8.01. The fourth-order valence-corrected chi connectivity index (χ4v) is 1.59. The highest BCUT2D eigenvalue weighted by Crippen LogP contribution is 2.03. The fourth-order valence-electron chi connectivity index (χ4n) is 0.895. The summed E-state index contributed by atoms with van der Waals surface area (Å²) in [6.07, 6.45) is 3.50. The minimum atomic E-state index is -3.17. The molecule has 18 heavy (non-hydrogen) atoms. The molecule has 1 aromatic rings. The lowest BCUT2D eigenvalue weighted by atomic mass is 10.2. The summed E-state index contributed by atoms with van der Waals surface area (Å²) in [5, 5.41) is 12.9. The average molecular weight is 291 g/mol. The summed E-state index contributed by atoms with van der Waals surface area (Å²) in [7, 11) is -6.24. The third-order valence-electron chi connectivity index (χ3n) is 1.36. The molecule has 1 heterocycles. The van der Waals surface area contributed by atoms with Gasteiger partial charge in [-0.1, -0.05) is 0 Å². The van der Waals surface area contributed by atoms with Crippen molar-refractivity contribution in [3.05, 3.63) is 29.6 Å². The number of nitriles is 1. The van der Waals surface area contributed by atoms with Crippen LogP contribution in [0.25, 0.3) is 0 Å². The number of primary sulfonamides is 1. The molecule has 100 valence electrons. The fraction of sp³-hybridized carbons (Fsp3) is 0.333. The van der Waals surface area contributed by atoms with E-state index in [9.17, 15) is 16.8 Å². The van der Waals surface area contributed by atoms with Crippen LogP contribution in [0.4, 0.5) is 0 Å². The van der Waals surface area contributed by atoms with Crippen LogP contribution in [0.2, 0.25) is 0 Å². The van der Waals surface area contributed by atoms with Crippen molar-refractivity contribution in [1.29, 1.82) is 5.26 Å². The zero-order valence-corrected chi connectivity index (χ0v) is 11.5. The van der Waals surface area contributed by atoms with Crippen molar-refractivity contribution in [2.24, 2.45) is 5.14 Å². The van der Waals surface area contributed by atoms with E-state index in [2.05, 4.69) is 10.1 Å². The number of hydrogen-bond acceptors (Lipinski definition) is 6. The van der Waals surface area contributed by atoms with Crippen LogP contribution in [0.5, 0.6) is 0 Å². The van der Waals surface area contributed by atoms with Gasteiger partial charge in [0.25, 0.3) is 0 Å². The summed E-state index contributed by atoms with van der Waals surface area (Å²) in [5.41, 5.74) is 0.829. The van der Waals surface area contributed by atoms with Crippen molar-refractivity contribution >= 4 is 19.9 Å².